The predicted octanol–water partition coefficient (Wildman–Crippen LogP) is 2.14. The molecule has 2 aliphatic carbocycles. The minimum Gasteiger partial charge on any atom is -0.480 e. The number of carboxylic acid groups (broad SMARTS) is 1. The van der Waals surface area contributed by atoms with E-state index in [0.29, 0.717) is 19.3 Å². The first-order chi connectivity index (χ1) is 35.8. The van der Waals surface area contributed by atoms with Gasteiger partial charge in [-0.15, -0.1) is 0 Å². The summed E-state index contributed by atoms with van der Waals surface area (Å²) in [5, 5.41) is 26.9. The van der Waals surface area contributed by atoms with E-state index >= 15 is 4.79 Å². The number of rotatable bonds is 18. The first kappa shape index (κ1) is 60.3. The molecule has 9 atom stereocenters. The lowest BCUT2D eigenvalue weighted by Crippen LogP contribution is -2.62. The van der Waals surface area contributed by atoms with Crippen LogP contribution in [-0.4, -0.2) is 135 Å². The topological polar surface area (TPSA) is 340 Å². The van der Waals surface area contributed by atoms with Crippen LogP contribution in [0, 0.1) is 23.7 Å². The predicted molar refractivity (Wildman–Crippen MR) is 288 cm³/mol. The number of carbonyl (C=O) groups excluding carboxylic acids is 8. The molecule has 0 radical (unpaired) electrons. The minimum absolute atomic E-state index is 0.00111. The third-order valence-electron chi connectivity index (χ3n) is 15.6. The van der Waals surface area contributed by atoms with Crippen LogP contribution in [-0.2, 0) is 49.6 Å². The van der Waals surface area contributed by atoms with Crippen LogP contribution < -0.4 is 49.1 Å². The number of likely N-dealkylation sites (tertiary alicyclic amines) is 1. The maximum Gasteiger partial charge on any atom is 0.326 e. The second kappa shape index (κ2) is 29.1. The van der Waals surface area contributed by atoms with Gasteiger partial charge in [0.25, 0.3) is 0 Å². The molecule has 1 aromatic carbocycles. The Hall–Kier alpha value is -5.58. The average molecular weight is 1080 g/mol. The third-order valence-corrected chi connectivity index (χ3v) is 19.0. The summed E-state index contributed by atoms with van der Waals surface area (Å²) in [6, 6.07) is 0.115. The number of carbonyl (C=O) groups is 9. The molecule has 4 fully saturated rings. The van der Waals surface area contributed by atoms with Gasteiger partial charge in [0.2, 0.25) is 47.3 Å². The number of aliphatic carboxylic acids is 1. The Labute approximate surface area is 448 Å². The average Bonchev–Trinajstić information content (AvgIpc) is 4.21. The summed E-state index contributed by atoms with van der Waals surface area (Å²) in [4.78, 5) is 132. The first-order valence-electron chi connectivity index (χ1n) is 26.8. The monoisotopic (exact) mass is 1080 g/mol. The van der Waals surface area contributed by atoms with Crippen LogP contribution in [0.1, 0.15) is 136 Å². The molecule has 5 rings (SSSR count). The molecule has 2 saturated heterocycles. The van der Waals surface area contributed by atoms with Crippen LogP contribution in [0.3, 0.4) is 0 Å². The van der Waals surface area contributed by atoms with Gasteiger partial charge in [0.1, 0.15) is 42.3 Å². The van der Waals surface area contributed by atoms with Gasteiger partial charge in [0.15, 0.2) is 5.96 Å². The highest BCUT2D eigenvalue weighted by molar-refractivity contribution is 8.77. The van der Waals surface area contributed by atoms with E-state index in [0.717, 1.165) is 56.9 Å². The molecule has 2 saturated carbocycles. The largest absolute Gasteiger partial charge is 0.480 e. The summed E-state index contributed by atoms with van der Waals surface area (Å²) >= 11 is 0. The Morgan fingerprint density at radius 2 is 1.35 bits per heavy atom. The van der Waals surface area contributed by atoms with E-state index < -0.39 is 107 Å². The number of nitrogens with zero attached hydrogens (tertiary/aromatic N) is 2. The number of carboxylic acids is 1. The molecule has 23 heteroatoms. The Morgan fingerprint density at radius 3 is 1.91 bits per heavy atom. The summed E-state index contributed by atoms with van der Waals surface area (Å²) in [6.07, 6.45) is 8.49. The SMILES string of the molecule is CC[C@@H](C)[C@@H]1NC(=O)[C@H](Cc2ccccc2)NC(=O)[C@@H]([C@H](C)CC)NC(=O)CC(C2CCCC2)(C2CCCC2)SSC[C@@H](C(=O)N2CCC[C@@H]2C(=O)N[C@@H](CCCN=C(N)N)C(=O)O)NC(=O)[C@H](CC(N)=O)NC1=O. The molecule has 0 unspecified atom stereocenters. The molecule has 416 valence electrons. The lowest BCUT2D eigenvalue weighted by molar-refractivity contribution is -0.145. The van der Waals surface area contributed by atoms with Crippen molar-refractivity contribution >= 4 is 80.8 Å². The van der Waals surface area contributed by atoms with Gasteiger partial charge >= 0.3 is 5.97 Å². The van der Waals surface area contributed by atoms with Crippen molar-refractivity contribution in [3.05, 3.63) is 35.9 Å². The Balaban J connectivity index is 1.58. The smallest absolute Gasteiger partial charge is 0.326 e. The van der Waals surface area contributed by atoms with Gasteiger partial charge in [-0.25, -0.2) is 4.79 Å². The molecule has 1 aromatic rings. The quantitative estimate of drug-likeness (QED) is 0.0436. The van der Waals surface area contributed by atoms with Crippen molar-refractivity contribution in [3.63, 3.8) is 0 Å². The van der Waals surface area contributed by atoms with Gasteiger partial charge in [-0.1, -0.05) is 118 Å². The molecule has 0 spiro atoms. The van der Waals surface area contributed by atoms with Gasteiger partial charge in [0, 0.05) is 36.4 Å². The number of hydrogen-bond donors (Lipinski definition) is 10. The number of primary amides is 1. The van der Waals surface area contributed by atoms with Gasteiger partial charge in [-0.2, -0.15) is 0 Å². The normalized spacial score (nSPS) is 26.1. The molecular formula is C52H81N11O10S2. The van der Waals surface area contributed by atoms with Gasteiger partial charge in [-0.05, 0) is 80.6 Å². The van der Waals surface area contributed by atoms with Gasteiger partial charge < -0.3 is 59.1 Å². The fourth-order valence-electron chi connectivity index (χ4n) is 10.9. The Morgan fingerprint density at radius 1 is 0.773 bits per heavy atom. The molecular weight excluding hydrogens is 1000 g/mol. The standard InChI is InChI=1S/C52H81N11O10S2/c1-5-30(3)42-47(69)58-36(26-32-16-8-7-9-17-32)45(67)62-43(31(4)6-2)48(70)59-37(27-40(53)64)44(66)60-38(29-74-75-52(28-41(65)61-42,33-18-10-11-19-33)34-20-12-13-21-34)49(71)63-25-15-23-39(63)46(68)57-35(50(72)73)22-14-24-56-51(54)55/h7-9,16-17,30-31,33-39,42-43H,5-6,10-15,18-29H2,1-4H3,(H2,53,64)(H,57,68)(H,58,69)(H,59,70)(H,60,66)(H,61,65)(H,62,67)(H,72,73)(H4,54,55,56)/t30-,31-,35+,36+,37+,38+,39-,42-,43+/m1/s1. The molecule has 0 aromatic heterocycles. The summed E-state index contributed by atoms with van der Waals surface area (Å²) in [6.45, 7) is 7.55. The van der Waals surface area contributed by atoms with Crippen molar-refractivity contribution in [3.8, 4) is 0 Å². The highest BCUT2D eigenvalue weighted by Crippen LogP contribution is 2.57. The molecule has 13 N–H and O–H groups in total. The summed E-state index contributed by atoms with van der Waals surface area (Å²) in [5.74, 6) is -7.83. The lowest BCUT2D eigenvalue weighted by Gasteiger charge is -2.43. The third kappa shape index (κ3) is 17.0. The van der Waals surface area contributed by atoms with Crippen LogP contribution in [0.15, 0.2) is 35.3 Å². The van der Waals surface area contributed by atoms with Crippen molar-refractivity contribution in [2.24, 2.45) is 45.9 Å². The van der Waals surface area contributed by atoms with Crippen molar-refractivity contribution in [2.75, 3.05) is 18.8 Å². The van der Waals surface area contributed by atoms with Crippen molar-refractivity contribution in [1.29, 1.82) is 0 Å². The van der Waals surface area contributed by atoms with Crippen molar-refractivity contribution in [2.45, 2.75) is 184 Å². The van der Waals surface area contributed by atoms with Crippen molar-refractivity contribution in [1.82, 2.24) is 36.8 Å². The maximum absolute atomic E-state index is 15.0. The second-order valence-electron chi connectivity index (χ2n) is 20.8. The number of benzene rings is 1. The molecule has 8 amide bonds. The first-order valence-corrected chi connectivity index (χ1v) is 29.1. The van der Waals surface area contributed by atoms with Crippen LogP contribution in [0.4, 0.5) is 0 Å². The van der Waals surface area contributed by atoms with Gasteiger partial charge in [-0.3, -0.25) is 43.3 Å². The highest BCUT2D eigenvalue weighted by atomic mass is 33.1. The number of nitrogens with one attached hydrogen (secondary N) is 6. The molecule has 2 aliphatic heterocycles. The minimum atomic E-state index is -1.62. The zero-order valence-corrected chi connectivity index (χ0v) is 45.6. The zero-order valence-electron chi connectivity index (χ0n) is 43.9. The number of amides is 8. The summed E-state index contributed by atoms with van der Waals surface area (Å²) in [5.41, 5.74) is 17.3. The number of hydrogen-bond acceptors (Lipinski definition) is 12. The van der Waals surface area contributed by atoms with Crippen LogP contribution in [0.25, 0.3) is 0 Å². The second-order valence-corrected chi connectivity index (χ2v) is 23.5. The molecule has 75 heavy (non-hydrogen) atoms. The maximum atomic E-state index is 15.0. The zero-order chi connectivity index (χ0) is 54.8. The number of guanidine groups is 1. The van der Waals surface area contributed by atoms with E-state index in [9.17, 15) is 43.5 Å². The van der Waals surface area contributed by atoms with E-state index in [4.69, 9.17) is 17.2 Å². The fraction of sp³-hybridized carbons (Fsp3) is 0.692. The Kier molecular flexibility index (Phi) is 23.4. The van der Waals surface area contributed by atoms with Crippen LogP contribution in [0.5, 0.6) is 0 Å². The molecule has 2 heterocycles. The van der Waals surface area contributed by atoms with Gasteiger partial charge in [0.05, 0.1) is 6.42 Å². The Bertz CT molecular complexity index is 2170. The van der Waals surface area contributed by atoms with E-state index in [2.05, 4.69) is 36.9 Å². The van der Waals surface area contributed by atoms with E-state index in [1.54, 1.807) is 26.0 Å². The van der Waals surface area contributed by atoms with Crippen LogP contribution in [0.2, 0.25) is 0 Å². The summed E-state index contributed by atoms with van der Waals surface area (Å²) < 4.78 is -0.664. The fourth-order valence-corrected chi connectivity index (χ4v) is 14.8. The molecule has 0 bridgehead atoms. The van der Waals surface area contributed by atoms with Crippen molar-refractivity contribution < 1.29 is 48.3 Å². The van der Waals surface area contributed by atoms with E-state index in [1.165, 1.54) is 26.5 Å². The molecule has 21 nitrogen and oxygen atoms in total. The number of aliphatic imine (C=N–C) groups is 1. The highest BCUT2D eigenvalue weighted by Gasteiger charge is 2.50. The van der Waals surface area contributed by atoms with E-state index in [-0.39, 0.29) is 80.6 Å². The summed E-state index contributed by atoms with van der Waals surface area (Å²) in [7, 11) is 2.83. The lowest BCUT2D eigenvalue weighted by atomic mass is 9.76. The number of nitrogens with two attached hydrogens (primary N) is 3. The van der Waals surface area contributed by atoms with Crippen LogP contribution >= 0.6 is 21.6 Å². The molecule has 4 aliphatic rings. The van der Waals surface area contributed by atoms with E-state index in [1.807, 2.05) is 32.0 Å².